The predicted molar refractivity (Wildman–Crippen MR) is 77.2 cm³/mol. The van der Waals surface area contributed by atoms with Gasteiger partial charge in [0, 0.05) is 24.8 Å². The Bertz CT molecular complexity index is 589. The van der Waals surface area contributed by atoms with Crippen LogP contribution in [0.2, 0.25) is 0 Å². The summed E-state index contributed by atoms with van der Waals surface area (Å²) in [5, 5.41) is 12.6. The van der Waals surface area contributed by atoms with Crippen LogP contribution in [0.25, 0.3) is 10.1 Å². The average molecular weight is 293 g/mol. The Morgan fingerprint density at radius 1 is 1.40 bits per heavy atom. The summed E-state index contributed by atoms with van der Waals surface area (Å²) in [5.74, 6) is -1.42. The summed E-state index contributed by atoms with van der Waals surface area (Å²) in [6.07, 6.45) is 0.239. The monoisotopic (exact) mass is 293 g/mol. The molecule has 0 saturated carbocycles. The summed E-state index contributed by atoms with van der Waals surface area (Å²) < 4.78 is 5.85. The summed E-state index contributed by atoms with van der Waals surface area (Å²) in [7, 11) is 1.49. The van der Waals surface area contributed by atoms with Gasteiger partial charge in [-0.15, -0.1) is 11.3 Å². The van der Waals surface area contributed by atoms with Gasteiger partial charge in [-0.05, 0) is 17.5 Å². The van der Waals surface area contributed by atoms with Crippen LogP contribution in [0.4, 0.5) is 0 Å². The van der Waals surface area contributed by atoms with Crippen LogP contribution in [0.3, 0.4) is 0 Å². The maximum absolute atomic E-state index is 12.1. The van der Waals surface area contributed by atoms with Crippen LogP contribution in [0.5, 0.6) is 0 Å². The Balaban J connectivity index is 2.11. The Labute approximate surface area is 120 Å². The average Bonchev–Trinajstić information content (AvgIpc) is 2.86. The van der Waals surface area contributed by atoms with E-state index in [1.165, 1.54) is 18.4 Å². The van der Waals surface area contributed by atoms with Gasteiger partial charge < -0.3 is 15.2 Å². The van der Waals surface area contributed by atoms with Gasteiger partial charge in [-0.2, -0.15) is 0 Å². The number of carbonyl (C=O) groups excluding carboxylic acids is 1. The lowest BCUT2D eigenvalue weighted by Crippen LogP contribution is -2.41. The molecular formula is C14H15NO4S. The van der Waals surface area contributed by atoms with Gasteiger partial charge in [-0.1, -0.05) is 18.2 Å². The van der Waals surface area contributed by atoms with Gasteiger partial charge in [0.15, 0.2) is 0 Å². The largest absolute Gasteiger partial charge is 0.480 e. The fourth-order valence-corrected chi connectivity index (χ4v) is 2.78. The van der Waals surface area contributed by atoms with Crippen LogP contribution in [0.15, 0.2) is 30.3 Å². The highest BCUT2D eigenvalue weighted by Crippen LogP contribution is 2.25. The Kier molecular flexibility index (Phi) is 4.70. The number of hydrogen-bond acceptors (Lipinski definition) is 4. The van der Waals surface area contributed by atoms with Crippen molar-refractivity contribution in [1.82, 2.24) is 5.32 Å². The third-order valence-electron chi connectivity index (χ3n) is 2.86. The van der Waals surface area contributed by atoms with Gasteiger partial charge in [-0.3, -0.25) is 4.79 Å². The van der Waals surface area contributed by atoms with Crippen LogP contribution in [-0.2, 0) is 9.53 Å². The van der Waals surface area contributed by atoms with Gasteiger partial charge in [0.2, 0.25) is 0 Å². The minimum Gasteiger partial charge on any atom is -0.480 e. The van der Waals surface area contributed by atoms with E-state index >= 15 is 0 Å². The topological polar surface area (TPSA) is 75.6 Å². The van der Waals surface area contributed by atoms with Gasteiger partial charge in [0.1, 0.15) is 6.04 Å². The van der Waals surface area contributed by atoms with Crippen molar-refractivity contribution in [3.63, 3.8) is 0 Å². The smallest absolute Gasteiger partial charge is 0.326 e. The van der Waals surface area contributed by atoms with Crippen molar-refractivity contribution in [2.75, 3.05) is 13.7 Å². The van der Waals surface area contributed by atoms with E-state index in [4.69, 9.17) is 9.84 Å². The highest BCUT2D eigenvalue weighted by molar-refractivity contribution is 7.20. The molecule has 1 unspecified atom stereocenters. The number of thiophene rings is 1. The lowest BCUT2D eigenvalue weighted by molar-refractivity contribution is -0.139. The number of methoxy groups -OCH3 is 1. The molecule has 1 heterocycles. The highest BCUT2D eigenvalue weighted by atomic mass is 32.1. The molecule has 106 valence electrons. The van der Waals surface area contributed by atoms with Crippen LogP contribution >= 0.6 is 11.3 Å². The highest BCUT2D eigenvalue weighted by Gasteiger charge is 2.21. The molecular weight excluding hydrogens is 278 g/mol. The fraction of sp³-hybridized carbons (Fsp3) is 0.286. The third kappa shape index (κ3) is 3.34. The summed E-state index contributed by atoms with van der Waals surface area (Å²) >= 11 is 1.35. The number of fused-ring (bicyclic) bond motifs is 1. The quantitative estimate of drug-likeness (QED) is 0.855. The molecule has 0 aliphatic heterocycles. The molecule has 1 aromatic heterocycles. The number of ether oxygens (including phenoxy) is 1. The minimum absolute atomic E-state index is 0.239. The minimum atomic E-state index is -1.06. The molecule has 0 fully saturated rings. The van der Waals surface area contributed by atoms with E-state index in [1.807, 2.05) is 24.3 Å². The van der Waals surface area contributed by atoms with Crippen LogP contribution in [-0.4, -0.2) is 36.7 Å². The standard InChI is InChI=1S/C14H15NO4S/c1-19-7-6-10(14(17)18)15-13(16)12-8-9-4-2-3-5-11(9)20-12/h2-5,8,10H,6-7H2,1H3,(H,15,16)(H,17,18). The molecule has 1 aromatic carbocycles. The number of carboxylic acids is 1. The summed E-state index contributed by atoms with van der Waals surface area (Å²) in [4.78, 5) is 23.7. The van der Waals surface area contributed by atoms with E-state index in [-0.39, 0.29) is 18.9 Å². The second kappa shape index (κ2) is 6.49. The number of carbonyl (C=O) groups is 2. The normalized spacial score (nSPS) is 12.2. The van der Waals surface area contributed by atoms with Crippen LogP contribution in [0.1, 0.15) is 16.1 Å². The number of benzene rings is 1. The lowest BCUT2D eigenvalue weighted by atomic mass is 10.2. The maximum atomic E-state index is 12.1. The number of carboxylic acid groups (broad SMARTS) is 1. The number of amides is 1. The van der Waals surface area contributed by atoms with E-state index in [9.17, 15) is 9.59 Å². The Morgan fingerprint density at radius 2 is 2.15 bits per heavy atom. The molecule has 0 radical (unpaired) electrons. The van der Waals surface area contributed by atoms with Crippen molar-refractivity contribution in [2.24, 2.45) is 0 Å². The van der Waals surface area contributed by atoms with Crippen molar-refractivity contribution in [3.8, 4) is 0 Å². The van der Waals surface area contributed by atoms with Crippen LogP contribution in [0, 0.1) is 0 Å². The molecule has 0 aliphatic rings. The number of aliphatic carboxylic acids is 1. The van der Waals surface area contributed by atoms with Crippen molar-refractivity contribution in [1.29, 1.82) is 0 Å². The molecule has 0 bridgehead atoms. The first-order valence-electron chi connectivity index (χ1n) is 6.13. The van der Waals surface area contributed by atoms with E-state index in [0.717, 1.165) is 10.1 Å². The van der Waals surface area contributed by atoms with Gasteiger partial charge in [0.05, 0.1) is 4.88 Å². The van der Waals surface area contributed by atoms with Crippen molar-refractivity contribution in [2.45, 2.75) is 12.5 Å². The second-order valence-corrected chi connectivity index (χ2v) is 5.38. The fourth-order valence-electron chi connectivity index (χ4n) is 1.82. The van der Waals surface area contributed by atoms with Crippen molar-refractivity contribution < 1.29 is 19.4 Å². The molecule has 0 aliphatic carbocycles. The Hall–Kier alpha value is -1.92. The zero-order chi connectivity index (χ0) is 14.5. The van der Waals surface area contributed by atoms with Crippen molar-refractivity contribution in [3.05, 3.63) is 35.2 Å². The van der Waals surface area contributed by atoms with Crippen molar-refractivity contribution >= 4 is 33.3 Å². The van der Waals surface area contributed by atoms with E-state index < -0.39 is 12.0 Å². The number of rotatable bonds is 6. The first-order chi connectivity index (χ1) is 9.61. The molecule has 20 heavy (non-hydrogen) atoms. The summed E-state index contributed by atoms with van der Waals surface area (Å²) in [5.41, 5.74) is 0. The zero-order valence-electron chi connectivity index (χ0n) is 11.0. The van der Waals surface area contributed by atoms with E-state index in [0.29, 0.717) is 4.88 Å². The molecule has 6 heteroatoms. The third-order valence-corrected chi connectivity index (χ3v) is 3.98. The van der Waals surface area contributed by atoms with E-state index in [1.54, 1.807) is 6.07 Å². The molecule has 5 nitrogen and oxygen atoms in total. The first kappa shape index (κ1) is 14.5. The van der Waals surface area contributed by atoms with Crippen LogP contribution < -0.4 is 5.32 Å². The lowest BCUT2D eigenvalue weighted by Gasteiger charge is -2.13. The molecule has 0 saturated heterocycles. The molecule has 0 spiro atoms. The van der Waals surface area contributed by atoms with Gasteiger partial charge in [-0.25, -0.2) is 4.79 Å². The molecule has 2 aromatic rings. The second-order valence-electron chi connectivity index (χ2n) is 4.29. The maximum Gasteiger partial charge on any atom is 0.326 e. The molecule has 1 amide bonds. The van der Waals surface area contributed by atoms with Gasteiger partial charge in [0.25, 0.3) is 5.91 Å². The molecule has 1 atom stereocenters. The molecule has 2 N–H and O–H groups in total. The SMILES string of the molecule is COCCC(NC(=O)c1cc2ccccc2s1)C(=O)O. The first-order valence-corrected chi connectivity index (χ1v) is 6.94. The zero-order valence-corrected chi connectivity index (χ0v) is 11.8. The Morgan fingerprint density at radius 3 is 2.80 bits per heavy atom. The summed E-state index contributed by atoms with van der Waals surface area (Å²) in [6, 6.07) is 8.48. The summed E-state index contributed by atoms with van der Waals surface area (Å²) in [6.45, 7) is 0.281. The number of nitrogens with one attached hydrogen (secondary N) is 1. The van der Waals surface area contributed by atoms with Gasteiger partial charge >= 0.3 is 5.97 Å². The number of hydrogen-bond donors (Lipinski definition) is 2. The molecule has 2 rings (SSSR count). The van der Waals surface area contributed by atoms with E-state index in [2.05, 4.69) is 5.32 Å². The predicted octanol–water partition coefficient (Wildman–Crippen LogP) is 2.12.